The van der Waals surface area contributed by atoms with Crippen LogP contribution in [0.25, 0.3) is 0 Å². The topological polar surface area (TPSA) is 44.3 Å². The highest BCUT2D eigenvalue weighted by atomic mass is 32.2. The molecule has 0 saturated heterocycles. The summed E-state index contributed by atoms with van der Waals surface area (Å²) in [6, 6.07) is 14.2. The number of ether oxygens (including phenoxy) is 1. The minimum atomic E-state index is -0.902. The van der Waals surface area contributed by atoms with Crippen molar-refractivity contribution in [1.82, 2.24) is 0 Å². The van der Waals surface area contributed by atoms with Gasteiger partial charge in [-0.2, -0.15) is 0 Å². The lowest BCUT2D eigenvalue weighted by atomic mass is 10.0. The van der Waals surface area contributed by atoms with Crippen molar-refractivity contribution >= 4 is 16.9 Å². The molecule has 0 saturated carbocycles. The molecule has 4 heteroatoms. The maximum absolute atomic E-state index is 11.8. The molecule has 0 aromatic heterocycles. The third-order valence-corrected chi connectivity index (χ3v) is 4.49. The number of methoxy groups -OCH3 is 1. The maximum Gasteiger partial charge on any atom is 0.181 e. The molecule has 1 atom stereocenters. The molecule has 1 unspecified atom stereocenters. The Balaban J connectivity index is 1.81. The van der Waals surface area contributed by atoms with Crippen LogP contribution in [0.4, 0.5) is 5.69 Å². The zero-order valence-corrected chi connectivity index (χ0v) is 11.5. The first kappa shape index (κ1) is 12.4. The Kier molecular flexibility index (Phi) is 3.36. The fourth-order valence-electron chi connectivity index (χ4n) is 2.21. The van der Waals surface area contributed by atoms with Gasteiger partial charge in [0.05, 0.1) is 12.8 Å². The average molecular weight is 273 g/mol. The Morgan fingerprint density at radius 2 is 1.89 bits per heavy atom. The third-order valence-electron chi connectivity index (χ3n) is 3.25. The second kappa shape index (κ2) is 5.15. The van der Waals surface area contributed by atoms with E-state index < -0.39 is 11.2 Å². The van der Waals surface area contributed by atoms with Gasteiger partial charge in [0.2, 0.25) is 0 Å². The van der Waals surface area contributed by atoms with E-state index in [1.54, 1.807) is 7.11 Å². The van der Waals surface area contributed by atoms with Gasteiger partial charge in [0, 0.05) is 11.2 Å². The van der Waals surface area contributed by atoms with E-state index in [-0.39, 0.29) is 0 Å². The molecule has 3 nitrogen and oxygen atoms in total. The second-order valence-corrected chi connectivity index (χ2v) is 5.94. The van der Waals surface area contributed by atoms with Crippen LogP contribution in [0.1, 0.15) is 11.1 Å². The van der Waals surface area contributed by atoms with E-state index in [9.17, 15) is 4.55 Å². The summed E-state index contributed by atoms with van der Waals surface area (Å²) in [5, 5.41) is 3.14. The molecular weight excluding hydrogens is 258 g/mol. The molecule has 3 rings (SSSR count). The van der Waals surface area contributed by atoms with Gasteiger partial charge < -0.3 is 14.6 Å². The lowest BCUT2D eigenvalue weighted by Crippen LogP contribution is -2.03. The molecule has 1 aliphatic rings. The van der Waals surface area contributed by atoms with E-state index in [4.69, 9.17) is 4.74 Å². The van der Waals surface area contributed by atoms with E-state index in [0.29, 0.717) is 5.88 Å². The molecule has 98 valence electrons. The zero-order chi connectivity index (χ0) is 13.2. The van der Waals surface area contributed by atoms with Gasteiger partial charge in [0.1, 0.15) is 5.75 Å². The summed E-state index contributed by atoms with van der Waals surface area (Å²) in [6.45, 7) is 0. The number of anilines is 1. The number of nitrogens with one attached hydrogen (secondary N) is 1. The molecule has 0 fully saturated rings. The average Bonchev–Trinajstić information content (AvgIpc) is 2.81. The van der Waals surface area contributed by atoms with Gasteiger partial charge in [-0.15, -0.1) is 0 Å². The van der Waals surface area contributed by atoms with Crippen molar-refractivity contribution in [3.8, 4) is 5.75 Å². The summed E-state index contributed by atoms with van der Waals surface area (Å²) in [5.74, 6) is 1.39. The van der Waals surface area contributed by atoms with E-state index >= 15 is 0 Å². The van der Waals surface area contributed by atoms with Crippen molar-refractivity contribution < 1.29 is 9.29 Å². The van der Waals surface area contributed by atoms with Crippen LogP contribution < -0.4 is 10.1 Å². The molecule has 0 amide bonds. The van der Waals surface area contributed by atoms with Crippen LogP contribution in [0.3, 0.4) is 0 Å². The Hall–Kier alpha value is -1.65. The highest BCUT2D eigenvalue weighted by molar-refractivity contribution is 7.92. The molecule has 2 aromatic rings. The SMILES string of the molecule is COc1ccc(Cc2ccc3c(c2)[S+]([O-])CN3)cc1. The van der Waals surface area contributed by atoms with Gasteiger partial charge in [-0.25, -0.2) is 0 Å². The minimum absolute atomic E-state index is 0.529. The molecule has 0 aliphatic carbocycles. The van der Waals surface area contributed by atoms with E-state index in [0.717, 1.165) is 22.8 Å². The maximum atomic E-state index is 11.8. The fraction of sp³-hybridized carbons (Fsp3) is 0.200. The predicted molar refractivity (Wildman–Crippen MR) is 77.1 cm³/mol. The fourth-order valence-corrected chi connectivity index (χ4v) is 3.32. The minimum Gasteiger partial charge on any atom is -0.610 e. The summed E-state index contributed by atoms with van der Waals surface area (Å²) >= 11 is -0.902. The summed E-state index contributed by atoms with van der Waals surface area (Å²) in [7, 11) is 1.66. The molecule has 1 N–H and O–H groups in total. The summed E-state index contributed by atoms with van der Waals surface area (Å²) in [4.78, 5) is 0.922. The summed E-state index contributed by atoms with van der Waals surface area (Å²) < 4.78 is 16.9. The first-order valence-corrected chi connectivity index (χ1v) is 7.46. The lowest BCUT2D eigenvalue weighted by Gasteiger charge is -2.06. The first-order valence-electron chi connectivity index (χ1n) is 6.14. The summed E-state index contributed by atoms with van der Waals surface area (Å²) in [6.07, 6.45) is 0.842. The predicted octanol–water partition coefficient (Wildman–Crippen LogP) is 2.78. The van der Waals surface area contributed by atoms with E-state index in [1.165, 1.54) is 11.1 Å². The van der Waals surface area contributed by atoms with Crippen molar-refractivity contribution in [2.75, 3.05) is 18.3 Å². The first-order chi connectivity index (χ1) is 9.26. The Morgan fingerprint density at radius 1 is 1.16 bits per heavy atom. The molecule has 1 heterocycles. The largest absolute Gasteiger partial charge is 0.610 e. The van der Waals surface area contributed by atoms with Gasteiger partial charge in [-0.1, -0.05) is 18.2 Å². The quantitative estimate of drug-likeness (QED) is 0.875. The van der Waals surface area contributed by atoms with Crippen LogP contribution in [0.15, 0.2) is 47.4 Å². The molecule has 2 aromatic carbocycles. The van der Waals surface area contributed by atoms with Crippen molar-refractivity contribution in [3.63, 3.8) is 0 Å². The number of fused-ring (bicyclic) bond motifs is 1. The Bertz CT molecular complexity index is 583. The lowest BCUT2D eigenvalue weighted by molar-refractivity contribution is 0.414. The highest BCUT2D eigenvalue weighted by Crippen LogP contribution is 2.30. The molecular formula is C15H15NO2S. The van der Waals surface area contributed by atoms with Crippen molar-refractivity contribution in [2.24, 2.45) is 0 Å². The zero-order valence-electron chi connectivity index (χ0n) is 10.7. The Morgan fingerprint density at radius 3 is 2.63 bits per heavy atom. The molecule has 0 radical (unpaired) electrons. The highest BCUT2D eigenvalue weighted by Gasteiger charge is 2.23. The second-order valence-electron chi connectivity index (χ2n) is 4.52. The van der Waals surface area contributed by atoms with E-state index in [2.05, 4.69) is 23.5 Å². The van der Waals surface area contributed by atoms with Gasteiger partial charge >= 0.3 is 0 Å². The van der Waals surface area contributed by atoms with Gasteiger partial charge in [-0.05, 0) is 41.8 Å². The molecule has 19 heavy (non-hydrogen) atoms. The number of hydrogen-bond donors (Lipinski definition) is 1. The van der Waals surface area contributed by atoms with E-state index in [1.807, 2.05) is 24.3 Å². The van der Waals surface area contributed by atoms with Crippen LogP contribution in [0.2, 0.25) is 0 Å². The van der Waals surface area contributed by atoms with Crippen LogP contribution in [-0.4, -0.2) is 17.5 Å². The third kappa shape index (κ3) is 2.55. The van der Waals surface area contributed by atoms with Crippen molar-refractivity contribution in [1.29, 1.82) is 0 Å². The standard InChI is InChI=1S/C15H15NO2S/c1-18-13-5-2-11(3-6-13)8-12-4-7-14-15(9-12)19(17)10-16-14/h2-7,9,16H,8,10H2,1H3. The van der Waals surface area contributed by atoms with Crippen LogP contribution in [0, 0.1) is 0 Å². The van der Waals surface area contributed by atoms with Gasteiger partial charge in [-0.3, -0.25) is 0 Å². The van der Waals surface area contributed by atoms with Crippen LogP contribution in [-0.2, 0) is 17.6 Å². The Labute approximate surface area is 115 Å². The number of benzene rings is 2. The smallest absolute Gasteiger partial charge is 0.181 e. The molecule has 0 bridgehead atoms. The van der Waals surface area contributed by atoms with Gasteiger partial charge in [0.15, 0.2) is 10.8 Å². The van der Waals surface area contributed by atoms with Crippen molar-refractivity contribution in [2.45, 2.75) is 11.3 Å². The normalized spacial score (nSPS) is 16.8. The van der Waals surface area contributed by atoms with Crippen molar-refractivity contribution in [3.05, 3.63) is 53.6 Å². The summed E-state index contributed by atoms with van der Waals surface area (Å²) in [5.41, 5.74) is 3.40. The number of rotatable bonds is 3. The monoisotopic (exact) mass is 273 g/mol. The molecule has 1 aliphatic heterocycles. The van der Waals surface area contributed by atoms with Gasteiger partial charge in [0.25, 0.3) is 0 Å². The van der Waals surface area contributed by atoms with Crippen LogP contribution in [0.5, 0.6) is 5.75 Å². The number of hydrogen-bond acceptors (Lipinski definition) is 3. The van der Waals surface area contributed by atoms with Crippen LogP contribution >= 0.6 is 0 Å². The molecule has 0 spiro atoms.